The Labute approximate surface area is 113 Å². The van der Waals surface area contributed by atoms with Gasteiger partial charge in [0.05, 0.1) is 5.54 Å². The van der Waals surface area contributed by atoms with Crippen molar-refractivity contribution in [1.29, 1.82) is 0 Å². The largest absolute Gasteiger partial charge is 0.474 e. The molecule has 3 nitrogen and oxygen atoms in total. The maximum absolute atomic E-state index is 13.2. The van der Waals surface area contributed by atoms with E-state index in [1.54, 1.807) is 0 Å². The number of nitrogens with two attached hydrogens (primary N) is 1. The minimum Gasteiger partial charge on any atom is -0.474 e. The zero-order valence-electron chi connectivity index (χ0n) is 9.39. The Morgan fingerprint density at radius 1 is 1.35 bits per heavy atom. The van der Waals surface area contributed by atoms with Crippen LogP contribution in [0, 0.1) is 5.82 Å². The molecule has 1 aliphatic rings. The van der Waals surface area contributed by atoms with Crippen molar-refractivity contribution in [2.45, 2.75) is 31.2 Å². The number of aromatic nitrogens is 1. The highest BCUT2D eigenvalue weighted by Crippen LogP contribution is 2.27. The van der Waals surface area contributed by atoms with E-state index in [4.69, 9.17) is 10.5 Å². The summed E-state index contributed by atoms with van der Waals surface area (Å²) in [5, 5.41) is 0. The maximum Gasteiger partial charge on any atom is 0.250 e. The van der Waals surface area contributed by atoms with E-state index in [2.05, 4.69) is 4.98 Å². The van der Waals surface area contributed by atoms with Crippen molar-refractivity contribution in [2.75, 3.05) is 6.61 Å². The number of ether oxygens (including phenoxy) is 1. The van der Waals surface area contributed by atoms with Crippen molar-refractivity contribution in [3.63, 3.8) is 0 Å². The van der Waals surface area contributed by atoms with Gasteiger partial charge in [0.2, 0.25) is 5.88 Å². The normalized spacial score (nSPS) is 16.8. The smallest absolute Gasteiger partial charge is 0.250 e. The van der Waals surface area contributed by atoms with Gasteiger partial charge in [0.25, 0.3) is 0 Å². The molecule has 1 aliphatic carbocycles. The van der Waals surface area contributed by atoms with Crippen LogP contribution in [-0.4, -0.2) is 17.1 Å². The summed E-state index contributed by atoms with van der Waals surface area (Å²) in [4.78, 5) is 3.82. The summed E-state index contributed by atoms with van der Waals surface area (Å²) in [7, 11) is 0. The molecule has 0 aromatic carbocycles. The Morgan fingerprint density at radius 3 is 2.59 bits per heavy atom. The first-order valence-corrected chi connectivity index (χ1v) is 5.22. The lowest BCUT2D eigenvalue weighted by atomic mass is 10.0. The van der Waals surface area contributed by atoms with E-state index in [1.165, 1.54) is 18.3 Å². The van der Waals surface area contributed by atoms with E-state index in [-0.39, 0.29) is 36.2 Å². The first kappa shape index (κ1) is 16.4. The summed E-state index contributed by atoms with van der Waals surface area (Å²) >= 11 is 0. The molecule has 1 fully saturated rings. The van der Waals surface area contributed by atoms with Gasteiger partial charge < -0.3 is 10.5 Å². The highest BCUT2D eigenvalue weighted by molar-refractivity contribution is 5.85. The van der Waals surface area contributed by atoms with Crippen molar-refractivity contribution in [3.05, 3.63) is 24.1 Å². The van der Waals surface area contributed by atoms with Crippen molar-refractivity contribution in [3.8, 4) is 5.88 Å². The van der Waals surface area contributed by atoms with Crippen LogP contribution in [0.5, 0.6) is 5.88 Å². The minimum atomic E-state index is -0.431. The van der Waals surface area contributed by atoms with Gasteiger partial charge >= 0.3 is 0 Å². The number of hydrogen-bond acceptors (Lipinski definition) is 3. The third kappa shape index (κ3) is 4.30. The van der Waals surface area contributed by atoms with Crippen molar-refractivity contribution in [1.82, 2.24) is 4.98 Å². The maximum atomic E-state index is 13.2. The molecule has 0 amide bonds. The molecule has 0 saturated heterocycles. The van der Waals surface area contributed by atoms with Crippen molar-refractivity contribution >= 4 is 24.8 Å². The number of pyridine rings is 1. The second-order valence-electron chi connectivity index (χ2n) is 4.15. The molecule has 1 saturated carbocycles. The standard InChI is InChI=1S/C11H15FN2O.2ClH/c12-9-4-3-7-14-10(9)15-8-11(13)5-1-2-6-11;;/h3-4,7H,1-2,5-6,8,13H2;2*1H. The van der Waals surface area contributed by atoms with Crippen LogP contribution in [0.4, 0.5) is 4.39 Å². The van der Waals surface area contributed by atoms with E-state index in [9.17, 15) is 4.39 Å². The number of halogens is 3. The Morgan fingerprint density at radius 2 is 2.00 bits per heavy atom. The van der Waals surface area contributed by atoms with E-state index in [0.29, 0.717) is 6.61 Å². The first-order valence-electron chi connectivity index (χ1n) is 5.22. The van der Waals surface area contributed by atoms with E-state index < -0.39 is 5.82 Å². The fraction of sp³-hybridized carbons (Fsp3) is 0.545. The highest BCUT2D eigenvalue weighted by atomic mass is 35.5. The number of nitrogens with zero attached hydrogens (tertiary/aromatic N) is 1. The second-order valence-corrected chi connectivity index (χ2v) is 4.15. The Bertz CT molecular complexity index is 346. The summed E-state index contributed by atoms with van der Waals surface area (Å²) in [6.07, 6.45) is 5.66. The Kier molecular flexibility index (Phi) is 6.75. The molecule has 0 aliphatic heterocycles. The fourth-order valence-corrected chi connectivity index (χ4v) is 1.91. The number of hydrogen-bond donors (Lipinski definition) is 1. The van der Waals surface area contributed by atoms with Gasteiger partial charge in [-0.3, -0.25) is 0 Å². The Hall–Kier alpha value is -0.580. The summed E-state index contributed by atoms with van der Waals surface area (Å²) in [5.74, 6) is -0.381. The van der Waals surface area contributed by atoms with Gasteiger partial charge in [0.1, 0.15) is 6.61 Å². The van der Waals surface area contributed by atoms with Gasteiger partial charge in [0.15, 0.2) is 5.82 Å². The molecule has 1 aromatic rings. The molecule has 2 rings (SSSR count). The zero-order valence-corrected chi connectivity index (χ0v) is 11.0. The van der Waals surface area contributed by atoms with Crippen molar-refractivity contribution < 1.29 is 9.13 Å². The third-order valence-corrected chi connectivity index (χ3v) is 2.82. The van der Waals surface area contributed by atoms with Crippen molar-refractivity contribution in [2.24, 2.45) is 5.73 Å². The summed E-state index contributed by atoms with van der Waals surface area (Å²) < 4.78 is 18.5. The van der Waals surface area contributed by atoms with E-state index >= 15 is 0 Å². The fourth-order valence-electron chi connectivity index (χ4n) is 1.91. The molecule has 0 bridgehead atoms. The van der Waals surface area contributed by atoms with E-state index in [0.717, 1.165) is 25.7 Å². The molecule has 6 heteroatoms. The van der Waals surface area contributed by atoms with Crippen LogP contribution in [-0.2, 0) is 0 Å². The molecule has 98 valence electrons. The molecule has 1 heterocycles. The van der Waals surface area contributed by atoms with Crippen LogP contribution >= 0.6 is 24.8 Å². The average molecular weight is 283 g/mol. The highest BCUT2D eigenvalue weighted by Gasteiger charge is 2.30. The lowest BCUT2D eigenvalue weighted by Gasteiger charge is -2.23. The number of rotatable bonds is 3. The van der Waals surface area contributed by atoms with E-state index in [1.807, 2.05) is 0 Å². The summed E-state index contributed by atoms with van der Waals surface area (Å²) in [6, 6.07) is 2.87. The first-order chi connectivity index (χ1) is 7.20. The monoisotopic (exact) mass is 282 g/mol. The van der Waals surface area contributed by atoms with Gasteiger partial charge in [-0.25, -0.2) is 9.37 Å². The zero-order chi connectivity index (χ0) is 10.7. The molecule has 17 heavy (non-hydrogen) atoms. The third-order valence-electron chi connectivity index (χ3n) is 2.82. The Balaban J connectivity index is 0.00000128. The van der Waals surface area contributed by atoms with Gasteiger partial charge in [-0.15, -0.1) is 24.8 Å². The van der Waals surface area contributed by atoms with Gasteiger partial charge in [-0.05, 0) is 25.0 Å². The summed E-state index contributed by atoms with van der Waals surface area (Å²) in [6.45, 7) is 0.348. The van der Waals surface area contributed by atoms with Crippen LogP contribution < -0.4 is 10.5 Å². The quantitative estimate of drug-likeness (QED) is 0.927. The molecule has 0 atom stereocenters. The summed E-state index contributed by atoms with van der Waals surface area (Å²) in [5.41, 5.74) is 5.79. The SMILES string of the molecule is Cl.Cl.NC1(COc2ncccc2F)CCCC1. The molecule has 0 radical (unpaired) electrons. The molecular formula is C11H17Cl2FN2O. The predicted octanol–water partition coefficient (Wildman–Crippen LogP) is 2.71. The van der Waals surface area contributed by atoms with Crippen LogP contribution in [0.3, 0.4) is 0 Å². The van der Waals surface area contributed by atoms with Gasteiger partial charge in [0, 0.05) is 6.20 Å². The molecule has 0 unspecified atom stereocenters. The topological polar surface area (TPSA) is 48.1 Å². The average Bonchev–Trinajstić information content (AvgIpc) is 2.65. The van der Waals surface area contributed by atoms with Crippen LogP contribution in [0.2, 0.25) is 0 Å². The lowest BCUT2D eigenvalue weighted by molar-refractivity contribution is 0.205. The lowest BCUT2D eigenvalue weighted by Crippen LogP contribution is -2.42. The van der Waals surface area contributed by atoms with Crippen LogP contribution in [0.25, 0.3) is 0 Å². The second kappa shape index (κ2) is 6.99. The van der Waals surface area contributed by atoms with Gasteiger partial charge in [-0.2, -0.15) is 0 Å². The predicted molar refractivity (Wildman–Crippen MR) is 69.6 cm³/mol. The molecule has 0 spiro atoms. The molecular weight excluding hydrogens is 266 g/mol. The minimum absolute atomic E-state index is 0. The van der Waals surface area contributed by atoms with Gasteiger partial charge in [-0.1, -0.05) is 12.8 Å². The molecule has 1 aromatic heterocycles. The van der Waals surface area contributed by atoms with Crippen LogP contribution in [0.15, 0.2) is 18.3 Å². The molecule has 2 N–H and O–H groups in total. The van der Waals surface area contributed by atoms with Crippen LogP contribution in [0.1, 0.15) is 25.7 Å².